The lowest BCUT2D eigenvalue weighted by Crippen LogP contribution is -2.34. The molecule has 1 heterocycles. The van der Waals surface area contributed by atoms with E-state index >= 15 is 0 Å². The van der Waals surface area contributed by atoms with E-state index in [-0.39, 0.29) is 11.5 Å². The van der Waals surface area contributed by atoms with Gasteiger partial charge in [-0.2, -0.15) is 5.10 Å². The number of aliphatic hydroxyl groups excluding tert-OH is 1. The minimum atomic E-state index is -0.103. The largest absolute Gasteiger partial charge is 0.393 e. The van der Waals surface area contributed by atoms with E-state index in [1.807, 2.05) is 22.9 Å². The second-order valence-corrected chi connectivity index (χ2v) is 7.92. The van der Waals surface area contributed by atoms with Gasteiger partial charge in [-0.15, -0.1) is 0 Å². The lowest BCUT2D eigenvalue weighted by Gasteiger charge is -2.26. The Labute approximate surface area is 144 Å². The fourth-order valence-electron chi connectivity index (χ4n) is 3.42. The number of aromatic nitrogens is 2. The average Bonchev–Trinajstić information content (AvgIpc) is 3.00. The van der Waals surface area contributed by atoms with Crippen LogP contribution in [0.3, 0.4) is 0 Å². The van der Waals surface area contributed by atoms with Crippen molar-refractivity contribution in [2.45, 2.75) is 70.6 Å². The molecule has 24 heavy (non-hydrogen) atoms. The molecule has 0 bridgehead atoms. The number of aliphatic hydroxyl groups is 1. The number of benzene rings is 1. The Bertz CT molecular complexity index is 649. The highest BCUT2D eigenvalue weighted by molar-refractivity contribution is 5.34. The molecule has 0 radical (unpaired) electrons. The zero-order valence-electron chi connectivity index (χ0n) is 15.0. The molecule has 1 fully saturated rings. The third kappa shape index (κ3) is 4.05. The summed E-state index contributed by atoms with van der Waals surface area (Å²) in [6, 6.07) is 10.8. The Hall–Kier alpha value is -1.65. The minimum absolute atomic E-state index is 0.0137. The average molecular weight is 327 g/mol. The smallest absolute Gasteiger partial charge is 0.0727 e. The maximum atomic E-state index is 9.65. The van der Waals surface area contributed by atoms with Crippen molar-refractivity contribution in [2.75, 3.05) is 0 Å². The molecule has 4 heteroatoms. The van der Waals surface area contributed by atoms with E-state index in [1.54, 1.807) is 0 Å². The van der Waals surface area contributed by atoms with Crippen LogP contribution >= 0.6 is 0 Å². The summed E-state index contributed by atoms with van der Waals surface area (Å²) < 4.78 is 1.99. The molecule has 2 aromatic rings. The molecule has 1 aromatic heterocycles. The van der Waals surface area contributed by atoms with Crippen molar-refractivity contribution in [1.29, 1.82) is 0 Å². The molecule has 1 aromatic carbocycles. The lowest BCUT2D eigenvalue weighted by atomic mass is 9.89. The van der Waals surface area contributed by atoms with Crippen LogP contribution in [0.4, 0.5) is 0 Å². The lowest BCUT2D eigenvalue weighted by molar-refractivity contribution is 0.116. The van der Waals surface area contributed by atoms with E-state index in [9.17, 15) is 5.11 Å². The van der Waals surface area contributed by atoms with Gasteiger partial charge in [-0.1, -0.05) is 39.0 Å². The van der Waals surface area contributed by atoms with Crippen molar-refractivity contribution in [2.24, 2.45) is 0 Å². The van der Waals surface area contributed by atoms with Crippen molar-refractivity contribution < 1.29 is 5.11 Å². The van der Waals surface area contributed by atoms with Gasteiger partial charge in [0.15, 0.2) is 0 Å². The first-order valence-corrected chi connectivity index (χ1v) is 8.99. The molecule has 1 aliphatic carbocycles. The molecule has 0 atom stereocenters. The molecule has 0 aliphatic heterocycles. The number of hydrogen-bond donors (Lipinski definition) is 2. The Balaban J connectivity index is 1.77. The van der Waals surface area contributed by atoms with Crippen LogP contribution in [0.25, 0.3) is 5.69 Å². The highest BCUT2D eigenvalue weighted by Gasteiger charge is 2.24. The van der Waals surface area contributed by atoms with Crippen molar-refractivity contribution in [3.8, 4) is 5.69 Å². The summed E-state index contributed by atoms with van der Waals surface area (Å²) in [5.41, 5.74) is 3.52. The summed E-state index contributed by atoms with van der Waals surface area (Å²) in [5, 5.41) is 18.2. The van der Waals surface area contributed by atoms with E-state index in [2.05, 4.69) is 44.4 Å². The van der Waals surface area contributed by atoms with Crippen LogP contribution < -0.4 is 5.32 Å². The van der Waals surface area contributed by atoms with Gasteiger partial charge in [0.1, 0.15) is 0 Å². The van der Waals surface area contributed by atoms with Crippen LogP contribution in [0.15, 0.2) is 36.5 Å². The molecule has 0 amide bonds. The zero-order valence-corrected chi connectivity index (χ0v) is 15.0. The van der Waals surface area contributed by atoms with Crippen molar-refractivity contribution >= 4 is 0 Å². The molecule has 130 valence electrons. The number of rotatable bonds is 4. The van der Waals surface area contributed by atoms with Gasteiger partial charge in [0, 0.05) is 29.8 Å². The van der Waals surface area contributed by atoms with Crippen LogP contribution in [0.2, 0.25) is 0 Å². The van der Waals surface area contributed by atoms with Crippen molar-refractivity contribution in [3.63, 3.8) is 0 Å². The molecule has 3 rings (SSSR count). The number of nitrogens with zero attached hydrogens (tertiary/aromatic N) is 2. The Morgan fingerprint density at radius 2 is 1.79 bits per heavy atom. The van der Waals surface area contributed by atoms with Crippen LogP contribution in [-0.2, 0) is 12.0 Å². The molecule has 2 N–H and O–H groups in total. The normalized spacial score (nSPS) is 21.8. The molecule has 4 nitrogen and oxygen atoms in total. The first-order chi connectivity index (χ1) is 11.4. The number of nitrogens with one attached hydrogen (secondary N) is 1. The maximum absolute atomic E-state index is 9.65. The van der Waals surface area contributed by atoms with Gasteiger partial charge in [0.25, 0.3) is 0 Å². The van der Waals surface area contributed by atoms with Crippen molar-refractivity contribution in [1.82, 2.24) is 15.1 Å². The molecular weight excluding hydrogens is 298 g/mol. The van der Waals surface area contributed by atoms with Gasteiger partial charge < -0.3 is 10.4 Å². The fraction of sp³-hybridized carbons (Fsp3) is 0.550. The van der Waals surface area contributed by atoms with Gasteiger partial charge >= 0.3 is 0 Å². The first kappa shape index (κ1) is 17.2. The van der Waals surface area contributed by atoms with E-state index in [0.717, 1.165) is 43.6 Å². The van der Waals surface area contributed by atoms with Gasteiger partial charge in [0.2, 0.25) is 0 Å². The predicted octanol–water partition coefficient (Wildman–Crippen LogP) is 3.56. The Morgan fingerprint density at radius 3 is 2.42 bits per heavy atom. The van der Waals surface area contributed by atoms with Gasteiger partial charge in [-0.3, -0.25) is 0 Å². The van der Waals surface area contributed by atoms with Gasteiger partial charge in [0.05, 0.1) is 17.5 Å². The monoisotopic (exact) mass is 327 g/mol. The molecule has 1 saturated carbocycles. The first-order valence-electron chi connectivity index (χ1n) is 8.99. The van der Waals surface area contributed by atoms with Gasteiger partial charge in [-0.25, -0.2) is 4.68 Å². The standard InChI is InChI=1S/C20H29N3O/c1-20(2,3)19-15(13-21-16-9-11-18(24)12-10-16)14-23(22-19)17-7-5-4-6-8-17/h4-8,14,16,18,21,24H,9-13H2,1-3H3. The predicted molar refractivity (Wildman–Crippen MR) is 97.4 cm³/mol. The van der Waals surface area contributed by atoms with E-state index in [0.29, 0.717) is 6.04 Å². The minimum Gasteiger partial charge on any atom is -0.393 e. The van der Waals surface area contributed by atoms with Crippen molar-refractivity contribution in [3.05, 3.63) is 47.8 Å². The Kier molecular flexibility index (Phi) is 5.07. The van der Waals surface area contributed by atoms with E-state index in [4.69, 9.17) is 5.10 Å². The third-order valence-corrected chi connectivity index (χ3v) is 4.80. The summed E-state index contributed by atoms with van der Waals surface area (Å²) in [6.07, 6.45) is 5.98. The molecule has 0 unspecified atom stereocenters. The van der Waals surface area contributed by atoms with Crippen LogP contribution in [-0.4, -0.2) is 27.0 Å². The highest BCUT2D eigenvalue weighted by atomic mass is 16.3. The van der Waals surface area contributed by atoms with Crippen LogP contribution in [0.1, 0.15) is 57.7 Å². The van der Waals surface area contributed by atoms with E-state index < -0.39 is 0 Å². The second-order valence-electron chi connectivity index (χ2n) is 7.92. The summed E-state index contributed by atoms with van der Waals surface area (Å²) in [6.45, 7) is 7.47. The quantitative estimate of drug-likeness (QED) is 0.903. The SMILES string of the molecule is CC(C)(C)c1nn(-c2ccccc2)cc1CNC1CCC(O)CC1. The number of hydrogen-bond acceptors (Lipinski definition) is 3. The molecule has 0 spiro atoms. The summed E-state index contributed by atoms with van der Waals surface area (Å²) >= 11 is 0. The highest BCUT2D eigenvalue weighted by Crippen LogP contribution is 2.26. The maximum Gasteiger partial charge on any atom is 0.0727 e. The van der Waals surface area contributed by atoms with Crippen LogP contribution in [0.5, 0.6) is 0 Å². The molecule has 1 aliphatic rings. The zero-order chi connectivity index (χ0) is 17.2. The number of para-hydroxylation sites is 1. The molecular formula is C20H29N3O. The summed E-state index contributed by atoms with van der Waals surface area (Å²) in [5.74, 6) is 0. The van der Waals surface area contributed by atoms with Crippen LogP contribution in [0, 0.1) is 0 Å². The molecule has 0 saturated heterocycles. The Morgan fingerprint density at radius 1 is 1.12 bits per heavy atom. The topological polar surface area (TPSA) is 50.1 Å². The third-order valence-electron chi connectivity index (χ3n) is 4.80. The fourth-order valence-corrected chi connectivity index (χ4v) is 3.42. The second kappa shape index (κ2) is 7.08. The summed E-state index contributed by atoms with van der Waals surface area (Å²) in [7, 11) is 0. The van der Waals surface area contributed by atoms with E-state index in [1.165, 1.54) is 5.56 Å². The van der Waals surface area contributed by atoms with Gasteiger partial charge in [-0.05, 0) is 37.8 Å². The summed E-state index contributed by atoms with van der Waals surface area (Å²) in [4.78, 5) is 0.